The van der Waals surface area contributed by atoms with E-state index in [0.717, 1.165) is 17.9 Å². The monoisotopic (exact) mass is 187 g/mol. The zero-order valence-corrected chi connectivity index (χ0v) is 8.14. The number of benzene rings is 1. The second-order valence-corrected chi connectivity index (χ2v) is 3.38. The Hall–Kier alpha value is -1.77. The Kier molecular flexibility index (Phi) is 2.23. The first kappa shape index (κ1) is 8.81. The number of hydrogen-bond acceptors (Lipinski definition) is 2. The molecule has 0 fully saturated rings. The highest BCUT2D eigenvalue weighted by Gasteiger charge is 2.00. The molecule has 3 nitrogen and oxygen atoms in total. The number of nitrogen functional groups attached to an aromatic ring is 1. The molecule has 0 amide bonds. The molecular weight excluding hydrogens is 174 g/mol. The first-order valence-electron chi connectivity index (χ1n) is 4.56. The highest BCUT2D eigenvalue weighted by atomic mass is 15.0. The van der Waals surface area contributed by atoms with Crippen LogP contribution in [0.25, 0.3) is 0 Å². The summed E-state index contributed by atoms with van der Waals surface area (Å²) in [6.07, 6.45) is 4.58. The Labute approximate surface area is 83.2 Å². The van der Waals surface area contributed by atoms with Crippen LogP contribution in [0.4, 0.5) is 5.69 Å². The van der Waals surface area contributed by atoms with Crippen LogP contribution in [-0.2, 0) is 13.5 Å². The Morgan fingerprint density at radius 3 is 2.93 bits per heavy atom. The molecule has 0 spiro atoms. The second kappa shape index (κ2) is 3.54. The zero-order chi connectivity index (χ0) is 9.97. The molecule has 0 saturated carbocycles. The summed E-state index contributed by atoms with van der Waals surface area (Å²) < 4.78 is 2.02. The van der Waals surface area contributed by atoms with E-state index in [1.807, 2.05) is 42.2 Å². The number of rotatable bonds is 2. The fraction of sp³-hybridized carbons (Fsp3) is 0.182. The normalized spacial score (nSPS) is 10.4. The average Bonchev–Trinajstić information content (AvgIpc) is 2.52. The van der Waals surface area contributed by atoms with Crippen molar-refractivity contribution in [3.63, 3.8) is 0 Å². The highest BCUT2D eigenvalue weighted by molar-refractivity contribution is 5.41. The molecule has 3 heteroatoms. The number of hydrogen-bond donors (Lipinski definition) is 1. The number of aryl methyl sites for hydroxylation is 1. The Balaban J connectivity index is 2.23. The third-order valence-electron chi connectivity index (χ3n) is 2.23. The summed E-state index contributed by atoms with van der Waals surface area (Å²) in [6, 6.07) is 7.90. The fourth-order valence-electron chi connectivity index (χ4n) is 1.45. The van der Waals surface area contributed by atoms with E-state index in [2.05, 4.69) is 11.1 Å². The van der Waals surface area contributed by atoms with Crippen LogP contribution in [0.2, 0.25) is 0 Å². The summed E-state index contributed by atoms with van der Waals surface area (Å²) >= 11 is 0. The summed E-state index contributed by atoms with van der Waals surface area (Å²) in [5.41, 5.74) is 7.69. The molecule has 14 heavy (non-hydrogen) atoms. The highest BCUT2D eigenvalue weighted by Crippen LogP contribution is 2.10. The zero-order valence-electron chi connectivity index (χ0n) is 8.14. The first-order valence-corrected chi connectivity index (χ1v) is 4.56. The van der Waals surface area contributed by atoms with Crippen LogP contribution in [0.3, 0.4) is 0 Å². The van der Waals surface area contributed by atoms with Crippen molar-refractivity contribution >= 4 is 5.69 Å². The van der Waals surface area contributed by atoms with E-state index in [1.165, 1.54) is 5.56 Å². The van der Waals surface area contributed by atoms with E-state index in [-0.39, 0.29) is 0 Å². The third kappa shape index (κ3) is 1.76. The van der Waals surface area contributed by atoms with E-state index < -0.39 is 0 Å². The van der Waals surface area contributed by atoms with Crippen molar-refractivity contribution in [1.82, 2.24) is 9.55 Å². The molecular formula is C11H13N3. The Morgan fingerprint density at radius 1 is 1.43 bits per heavy atom. The van der Waals surface area contributed by atoms with Crippen molar-refractivity contribution in [3.8, 4) is 0 Å². The number of nitrogens with zero attached hydrogens (tertiary/aromatic N) is 2. The van der Waals surface area contributed by atoms with Crippen LogP contribution in [0.15, 0.2) is 36.7 Å². The van der Waals surface area contributed by atoms with E-state index in [0.29, 0.717) is 0 Å². The maximum atomic E-state index is 5.70. The molecule has 1 aromatic heterocycles. The van der Waals surface area contributed by atoms with E-state index >= 15 is 0 Å². The molecule has 2 aromatic rings. The van der Waals surface area contributed by atoms with Gasteiger partial charge in [-0.3, -0.25) is 0 Å². The van der Waals surface area contributed by atoms with Crippen molar-refractivity contribution < 1.29 is 0 Å². The molecule has 1 aromatic carbocycles. The molecule has 2 N–H and O–H groups in total. The van der Waals surface area contributed by atoms with Gasteiger partial charge in [-0.1, -0.05) is 12.1 Å². The van der Waals surface area contributed by atoms with Gasteiger partial charge >= 0.3 is 0 Å². The van der Waals surface area contributed by atoms with Crippen molar-refractivity contribution in [1.29, 1.82) is 0 Å². The molecule has 0 unspecified atom stereocenters. The Morgan fingerprint density at radius 2 is 2.29 bits per heavy atom. The Bertz CT molecular complexity index is 432. The van der Waals surface area contributed by atoms with Gasteiger partial charge in [0, 0.05) is 31.5 Å². The van der Waals surface area contributed by atoms with Crippen molar-refractivity contribution in [3.05, 3.63) is 48.0 Å². The quantitative estimate of drug-likeness (QED) is 0.725. The molecule has 0 saturated heterocycles. The van der Waals surface area contributed by atoms with Gasteiger partial charge in [0.25, 0.3) is 0 Å². The van der Waals surface area contributed by atoms with Gasteiger partial charge in [-0.05, 0) is 17.7 Å². The number of aromatic nitrogens is 2. The summed E-state index contributed by atoms with van der Waals surface area (Å²) in [4.78, 5) is 4.26. The van der Waals surface area contributed by atoms with Gasteiger partial charge < -0.3 is 10.3 Å². The summed E-state index contributed by atoms with van der Waals surface area (Å²) in [5.74, 6) is 1.05. The molecule has 1 heterocycles. The van der Waals surface area contributed by atoms with Gasteiger partial charge in [0.1, 0.15) is 5.82 Å². The van der Waals surface area contributed by atoms with Gasteiger partial charge in [-0.25, -0.2) is 4.98 Å². The van der Waals surface area contributed by atoms with Gasteiger partial charge in [0.15, 0.2) is 0 Å². The van der Waals surface area contributed by atoms with Crippen LogP contribution in [0.5, 0.6) is 0 Å². The predicted octanol–water partition coefficient (Wildman–Crippen LogP) is 1.59. The van der Waals surface area contributed by atoms with Gasteiger partial charge in [-0.2, -0.15) is 0 Å². The number of imidazole rings is 1. The molecule has 2 rings (SSSR count). The summed E-state index contributed by atoms with van der Waals surface area (Å²) in [7, 11) is 1.99. The minimum absolute atomic E-state index is 0.803. The molecule has 0 radical (unpaired) electrons. The molecule has 0 aliphatic carbocycles. The number of nitrogens with two attached hydrogens (primary N) is 1. The van der Waals surface area contributed by atoms with Gasteiger partial charge in [0.2, 0.25) is 0 Å². The van der Waals surface area contributed by atoms with Crippen LogP contribution < -0.4 is 5.73 Å². The second-order valence-electron chi connectivity index (χ2n) is 3.38. The fourth-order valence-corrected chi connectivity index (χ4v) is 1.45. The van der Waals surface area contributed by atoms with Crippen LogP contribution in [-0.4, -0.2) is 9.55 Å². The van der Waals surface area contributed by atoms with Crippen LogP contribution in [0.1, 0.15) is 11.4 Å². The van der Waals surface area contributed by atoms with Crippen molar-refractivity contribution in [2.24, 2.45) is 7.05 Å². The SMILES string of the molecule is Cn1ccnc1Cc1cccc(N)c1. The van der Waals surface area contributed by atoms with Gasteiger partial charge in [0.05, 0.1) is 0 Å². The van der Waals surface area contributed by atoms with Gasteiger partial charge in [-0.15, -0.1) is 0 Å². The topological polar surface area (TPSA) is 43.8 Å². The molecule has 0 aliphatic heterocycles. The van der Waals surface area contributed by atoms with Crippen LogP contribution >= 0.6 is 0 Å². The predicted molar refractivity (Wildman–Crippen MR) is 56.9 cm³/mol. The molecule has 0 atom stereocenters. The lowest BCUT2D eigenvalue weighted by Gasteiger charge is -2.02. The summed E-state index contributed by atoms with van der Waals surface area (Å²) in [6.45, 7) is 0. The summed E-state index contributed by atoms with van der Waals surface area (Å²) in [5, 5.41) is 0. The minimum Gasteiger partial charge on any atom is -0.399 e. The standard InChI is InChI=1S/C11H13N3/c1-14-6-5-13-11(14)8-9-3-2-4-10(12)7-9/h2-7H,8,12H2,1H3. The first-order chi connectivity index (χ1) is 6.75. The molecule has 0 aliphatic rings. The molecule has 0 bridgehead atoms. The molecule has 72 valence electrons. The number of anilines is 1. The lowest BCUT2D eigenvalue weighted by molar-refractivity contribution is 0.822. The average molecular weight is 187 g/mol. The largest absolute Gasteiger partial charge is 0.399 e. The minimum atomic E-state index is 0.803. The smallest absolute Gasteiger partial charge is 0.112 e. The maximum Gasteiger partial charge on any atom is 0.112 e. The van der Waals surface area contributed by atoms with E-state index in [1.54, 1.807) is 0 Å². The lowest BCUT2D eigenvalue weighted by Crippen LogP contribution is -1.98. The third-order valence-corrected chi connectivity index (χ3v) is 2.23. The van der Waals surface area contributed by atoms with Crippen LogP contribution in [0, 0.1) is 0 Å². The van der Waals surface area contributed by atoms with Crippen molar-refractivity contribution in [2.75, 3.05) is 5.73 Å². The van der Waals surface area contributed by atoms with Crippen molar-refractivity contribution in [2.45, 2.75) is 6.42 Å². The van der Waals surface area contributed by atoms with E-state index in [4.69, 9.17) is 5.73 Å². The van der Waals surface area contributed by atoms with E-state index in [9.17, 15) is 0 Å². The maximum absolute atomic E-state index is 5.70. The lowest BCUT2D eigenvalue weighted by atomic mass is 10.1.